The standard InChI is InChI=1S/C22H18BrNO4/c1-3-28-22(27)17-11(2)24-20-13-6-4-5-7-14(13)21(26)19(20)18(17)15-10-12(23)8-9-16(15)25/h4-10,18,24-25H,3H2,1-2H3. The number of aromatic hydroxyl groups is 1. The molecule has 0 saturated carbocycles. The zero-order valence-corrected chi connectivity index (χ0v) is 17.0. The fourth-order valence-electron chi connectivity index (χ4n) is 3.88. The SMILES string of the molecule is CCOC(=O)C1=C(C)NC2=C(C(=O)c3ccccc32)C1c1cc(Br)ccc1O. The van der Waals surface area contributed by atoms with Crippen LogP contribution in [0.15, 0.2) is 63.8 Å². The van der Waals surface area contributed by atoms with E-state index in [0.29, 0.717) is 33.7 Å². The van der Waals surface area contributed by atoms with Crippen molar-refractivity contribution in [3.8, 4) is 5.75 Å². The number of nitrogens with one attached hydrogen (secondary N) is 1. The first kappa shape index (κ1) is 18.5. The minimum absolute atomic E-state index is 0.0142. The Labute approximate surface area is 170 Å². The number of esters is 1. The molecule has 1 aliphatic heterocycles. The second-order valence-electron chi connectivity index (χ2n) is 6.68. The lowest BCUT2D eigenvalue weighted by Gasteiger charge is -2.29. The summed E-state index contributed by atoms with van der Waals surface area (Å²) in [5.74, 6) is -1.38. The van der Waals surface area contributed by atoms with E-state index in [1.807, 2.05) is 18.2 Å². The van der Waals surface area contributed by atoms with Crippen LogP contribution in [0.2, 0.25) is 0 Å². The van der Waals surface area contributed by atoms with Crippen LogP contribution in [0.25, 0.3) is 5.70 Å². The van der Waals surface area contributed by atoms with Gasteiger partial charge >= 0.3 is 5.97 Å². The van der Waals surface area contributed by atoms with Crippen LogP contribution in [0.3, 0.4) is 0 Å². The fraction of sp³-hybridized carbons (Fsp3) is 0.182. The monoisotopic (exact) mass is 439 g/mol. The van der Waals surface area contributed by atoms with Crippen LogP contribution in [0.1, 0.15) is 41.3 Å². The molecule has 2 aromatic rings. The summed E-state index contributed by atoms with van der Waals surface area (Å²) in [5.41, 5.74) is 3.91. The van der Waals surface area contributed by atoms with Gasteiger partial charge in [-0.1, -0.05) is 40.2 Å². The van der Waals surface area contributed by atoms with Crippen molar-refractivity contribution in [3.05, 3.63) is 80.5 Å². The molecule has 2 aromatic carbocycles. The summed E-state index contributed by atoms with van der Waals surface area (Å²) in [4.78, 5) is 26.1. The predicted octanol–water partition coefficient (Wildman–Crippen LogP) is 4.29. The highest BCUT2D eigenvalue weighted by molar-refractivity contribution is 9.10. The van der Waals surface area contributed by atoms with E-state index in [1.54, 1.807) is 38.1 Å². The molecule has 28 heavy (non-hydrogen) atoms. The maximum absolute atomic E-state index is 13.3. The number of hydrogen-bond donors (Lipinski definition) is 2. The molecule has 1 aliphatic carbocycles. The van der Waals surface area contributed by atoms with E-state index < -0.39 is 11.9 Å². The molecule has 2 N–H and O–H groups in total. The summed E-state index contributed by atoms with van der Waals surface area (Å²) < 4.78 is 6.01. The van der Waals surface area contributed by atoms with Crippen LogP contribution < -0.4 is 5.32 Å². The van der Waals surface area contributed by atoms with Crippen LogP contribution in [0.5, 0.6) is 5.75 Å². The highest BCUT2D eigenvalue weighted by atomic mass is 79.9. The van der Waals surface area contributed by atoms with Crippen LogP contribution in [-0.2, 0) is 9.53 Å². The predicted molar refractivity (Wildman–Crippen MR) is 109 cm³/mol. The van der Waals surface area contributed by atoms with Crippen LogP contribution in [-0.4, -0.2) is 23.5 Å². The maximum atomic E-state index is 13.3. The van der Waals surface area contributed by atoms with Gasteiger partial charge in [-0.05, 0) is 32.0 Å². The average molecular weight is 440 g/mol. The Balaban J connectivity index is 1.98. The van der Waals surface area contributed by atoms with Gasteiger partial charge in [0.2, 0.25) is 0 Å². The quantitative estimate of drug-likeness (QED) is 0.697. The van der Waals surface area contributed by atoms with E-state index in [4.69, 9.17) is 4.74 Å². The number of carbonyl (C=O) groups excluding carboxylic acids is 2. The van der Waals surface area contributed by atoms with E-state index in [9.17, 15) is 14.7 Å². The molecule has 0 bridgehead atoms. The zero-order valence-electron chi connectivity index (χ0n) is 15.4. The van der Waals surface area contributed by atoms with Gasteiger partial charge in [0.05, 0.1) is 23.8 Å². The van der Waals surface area contributed by atoms with Crippen molar-refractivity contribution in [2.45, 2.75) is 19.8 Å². The van der Waals surface area contributed by atoms with E-state index in [1.165, 1.54) is 0 Å². The first-order valence-electron chi connectivity index (χ1n) is 8.95. The Morgan fingerprint density at radius 3 is 2.64 bits per heavy atom. The van der Waals surface area contributed by atoms with Crippen LogP contribution in [0.4, 0.5) is 0 Å². The number of ether oxygens (including phenoxy) is 1. The summed E-state index contributed by atoms with van der Waals surface area (Å²) >= 11 is 3.42. The van der Waals surface area contributed by atoms with E-state index >= 15 is 0 Å². The molecule has 1 unspecified atom stereocenters. The lowest BCUT2D eigenvalue weighted by atomic mass is 9.79. The molecule has 6 heteroatoms. The number of phenolic OH excluding ortho intramolecular Hbond substituents is 1. The first-order valence-corrected chi connectivity index (χ1v) is 9.75. The number of allylic oxidation sites excluding steroid dienone is 2. The average Bonchev–Trinajstić information content (AvgIpc) is 2.95. The van der Waals surface area contributed by atoms with Crippen molar-refractivity contribution in [1.82, 2.24) is 5.32 Å². The zero-order chi connectivity index (χ0) is 20.0. The molecule has 2 aliphatic rings. The Hall–Kier alpha value is -2.86. The third kappa shape index (κ3) is 2.76. The highest BCUT2D eigenvalue weighted by Gasteiger charge is 2.43. The van der Waals surface area contributed by atoms with Gasteiger partial charge in [0.1, 0.15) is 5.75 Å². The summed E-state index contributed by atoms with van der Waals surface area (Å²) in [6.07, 6.45) is 0. The van der Waals surface area contributed by atoms with Gasteiger partial charge in [-0.3, -0.25) is 4.79 Å². The summed E-state index contributed by atoms with van der Waals surface area (Å²) in [6.45, 7) is 3.73. The molecule has 0 fully saturated rings. The molecule has 1 atom stereocenters. The number of ketones is 1. The number of Topliss-reactive ketones (excluding diaryl/α,β-unsaturated/α-hetero) is 1. The fourth-order valence-corrected chi connectivity index (χ4v) is 4.25. The molecule has 0 radical (unpaired) electrons. The number of fused-ring (bicyclic) bond motifs is 2. The van der Waals surface area contributed by atoms with Gasteiger partial charge < -0.3 is 15.2 Å². The van der Waals surface area contributed by atoms with Gasteiger partial charge in [-0.15, -0.1) is 0 Å². The molecule has 0 amide bonds. The minimum Gasteiger partial charge on any atom is -0.508 e. The lowest BCUT2D eigenvalue weighted by molar-refractivity contribution is -0.138. The maximum Gasteiger partial charge on any atom is 0.336 e. The smallest absolute Gasteiger partial charge is 0.336 e. The molecule has 0 spiro atoms. The third-order valence-electron chi connectivity index (χ3n) is 5.04. The minimum atomic E-state index is -0.729. The van der Waals surface area contributed by atoms with Crippen molar-refractivity contribution in [2.75, 3.05) is 6.61 Å². The molecule has 142 valence electrons. The van der Waals surface area contributed by atoms with E-state index in [0.717, 1.165) is 10.0 Å². The molecule has 5 nitrogen and oxygen atoms in total. The molecule has 0 aromatic heterocycles. The van der Waals surface area contributed by atoms with Crippen LogP contribution in [0, 0.1) is 0 Å². The third-order valence-corrected chi connectivity index (χ3v) is 5.54. The summed E-state index contributed by atoms with van der Waals surface area (Å²) in [7, 11) is 0. The Morgan fingerprint density at radius 1 is 1.21 bits per heavy atom. The molecular formula is C22H18BrNO4. The van der Waals surface area contributed by atoms with Crippen molar-refractivity contribution < 1.29 is 19.4 Å². The number of dihydropyridines is 1. The van der Waals surface area contributed by atoms with Crippen molar-refractivity contribution in [3.63, 3.8) is 0 Å². The van der Waals surface area contributed by atoms with Gasteiger partial charge in [0, 0.05) is 32.4 Å². The Morgan fingerprint density at radius 2 is 1.93 bits per heavy atom. The van der Waals surface area contributed by atoms with Gasteiger partial charge in [-0.2, -0.15) is 0 Å². The molecular weight excluding hydrogens is 422 g/mol. The van der Waals surface area contributed by atoms with Gasteiger partial charge in [-0.25, -0.2) is 4.79 Å². The number of hydrogen-bond acceptors (Lipinski definition) is 5. The second kappa shape index (κ2) is 6.95. The second-order valence-corrected chi connectivity index (χ2v) is 7.60. The summed E-state index contributed by atoms with van der Waals surface area (Å²) in [6, 6.07) is 12.3. The van der Waals surface area contributed by atoms with Crippen molar-refractivity contribution in [2.24, 2.45) is 0 Å². The lowest BCUT2D eigenvalue weighted by Crippen LogP contribution is -2.29. The normalized spacial score (nSPS) is 18.0. The van der Waals surface area contributed by atoms with Crippen LogP contribution >= 0.6 is 15.9 Å². The van der Waals surface area contributed by atoms with E-state index in [-0.39, 0.29) is 18.1 Å². The number of benzene rings is 2. The first-order chi connectivity index (χ1) is 13.4. The van der Waals surface area contributed by atoms with E-state index in [2.05, 4.69) is 21.2 Å². The topological polar surface area (TPSA) is 75.6 Å². The number of halogens is 1. The Bertz CT molecular complexity index is 1080. The molecule has 0 saturated heterocycles. The van der Waals surface area contributed by atoms with Crippen molar-refractivity contribution in [1.29, 1.82) is 0 Å². The molecule has 4 rings (SSSR count). The largest absolute Gasteiger partial charge is 0.508 e. The number of rotatable bonds is 3. The summed E-state index contributed by atoms with van der Waals surface area (Å²) in [5, 5.41) is 13.8. The number of carbonyl (C=O) groups is 2. The highest BCUT2D eigenvalue weighted by Crippen LogP contribution is 2.48. The van der Waals surface area contributed by atoms with Crippen molar-refractivity contribution >= 4 is 33.4 Å². The molecule has 1 heterocycles. The van der Waals surface area contributed by atoms with Gasteiger partial charge in [0.25, 0.3) is 0 Å². The van der Waals surface area contributed by atoms with Gasteiger partial charge in [0.15, 0.2) is 5.78 Å². The Kier molecular flexibility index (Phi) is 4.59. The number of phenols is 1.